The molecule has 2 atom stereocenters. The number of hydrogen-bond acceptors (Lipinski definition) is 1. The number of rotatable bonds is 2. The predicted octanol–water partition coefficient (Wildman–Crippen LogP) is 4.10. The second-order valence-corrected chi connectivity index (χ2v) is 5.33. The van der Waals surface area contributed by atoms with Crippen LogP contribution in [-0.2, 0) is 4.79 Å². The SMILES string of the molecule is CC(=C(Cl)C(F)(F)F)[C@@H]1[C@H](C(=O)Cl)C1(C)C. The molecule has 0 aromatic carbocycles. The molecule has 1 aliphatic rings. The number of halogens is 5. The number of carbonyl (C=O) groups excluding carboxylic acids is 1. The Morgan fingerprint density at radius 3 is 1.88 bits per heavy atom. The quantitative estimate of drug-likeness (QED) is 0.693. The molecule has 0 saturated heterocycles. The summed E-state index contributed by atoms with van der Waals surface area (Å²) >= 11 is 10.6. The summed E-state index contributed by atoms with van der Waals surface area (Å²) in [5.74, 6) is -1.10. The lowest BCUT2D eigenvalue weighted by atomic mass is 10.0. The van der Waals surface area contributed by atoms with E-state index in [0.717, 1.165) is 0 Å². The molecule has 1 fully saturated rings. The molecule has 0 radical (unpaired) electrons. The summed E-state index contributed by atoms with van der Waals surface area (Å²) in [7, 11) is 0. The third-order valence-electron chi connectivity index (χ3n) is 3.13. The van der Waals surface area contributed by atoms with Crippen molar-refractivity contribution in [1.82, 2.24) is 0 Å². The van der Waals surface area contributed by atoms with E-state index in [4.69, 9.17) is 23.2 Å². The van der Waals surface area contributed by atoms with Gasteiger partial charge in [-0.3, -0.25) is 4.79 Å². The number of allylic oxidation sites excluding steroid dienone is 2. The van der Waals surface area contributed by atoms with E-state index in [-0.39, 0.29) is 5.57 Å². The Bertz CT molecular complexity index is 358. The van der Waals surface area contributed by atoms with Gasteiger partial charge in [0.15, 0.2) is 0 Å². The molecule has 0 aromatic heterocycles. The molecule has 1 aliphatic carbocycles. The summed E-state index contributed by atoms with van der Waals surface area (Å²) in [5, 5.41) is -1.76. The van der Waals surface area contributed by atoms with Crippen molar-refractivity contribution in [2.75, 3.05) is 0 Å². The summed E-state index contributed by atoms with van der Waals surface area (Å²) in [6.45, 7) is 4.70. The van der Waals surface area contributed by atoms with Gasteiger partial charge in [-0.25, -0.2) is 0 Å². The molecule has 0 bridgehead atoms. The van der Waals surface area contributed by atoms with Gasteiger partial charge in [-0.05, 0) is 35.4 Å². The zero-order valence-electron chi connectivity index (χ0n) is 8.95. The summed E-state index contributed by atoms with van der Waals surface area (Å²) in [6, 6.07) is 0. The minimum Gasteiger partial charge on any atom is -0.281 e. The lowest BCUT2D eigenvalue weighted by molar-refractivity contribution is -0.113. The van der Waals surface area contributed by atoms with E-state index < -0.39 is 33.7 Å². The van der Waals surface area contributed by atoms with Gasteiger partial charge in [0.25, 0.3) is 0 Å². The van der Waals surface area contributed by atoms with Gasteiger partial charge in [-0.1, -0.05) is 25.4 Å². The van der Waals surface area contributed by atoms with Crippen molar-refractivity contribution in [3.63, 3.8) is 0 Å². The lowest BCUT2D eigenvalue weighted by Gasteiger charge is -2.10. The van der Waals surface area contributed by atoms with Gasteiger partial charge in [-0.15, -0.1) is 0 Å². The van der Waals surface area contributed by atoms with E-state index in [0.29, 0.717) is 0 Å². The lowest BCUT2D eigenvalue weighted by Crippen LogP contribution is -2.10. The molecule has 0 aliphatic heterocycles. The maximum atomic E-state index is 12.4. The van der Waals surface area contributed by atoms with E-state index in [1.54, 1.807) is 13.8 Å². The second kappa shape index (κ2) is 3.91. The predicted molar refractivity (Wildman–Crippen MR) is 56.2 cm³/mol. The maximum absolute atomic E-state index is 12.4. The Labute approximate surface area is 102 Å². The third kappa shape index (κ3) is 2.23. The summed E-state index contributed by atoms with van der Waals surface area (Å²) in [6.07, 6.45) is -4.57. The highest BCUT2D eigenvalue weighted by atomic mass is 35.5. The fourth-order valence-corrected chi connectivity index (χ4v) is 2.75. The van der Waals surface area contributed by atoms with Crippen LogP contribution >= 0.6 is 23.2 Å². The zero-order chi connectivity index (χ0) is 12.9. The second-order valence-electron chi connectivity index (χ2n) is 4.58. The molecule has 16 heavy (non-hydrogen) atoms. The van der Waals surface area contributed by atoms with Crippen LogP contribution in [0.2, 0.25) is 0 Å². The van der Waals surface area contributed by atoms with Gasteiger partial charge in [0.2, 0.25) is 5.24 Å². The van der Waals surface area contributed by atoms with Gasteiger partial charge >= 0.3 is 6.18 Å². The van der Waals surface area contributed by atoms with Gasteiger partial charge in [0, 0.05) is 5.92 Å². The van der Waals surface area contributed by atoms with Crippen LogP contribution in [-0.4, -0.2) is 11.4 Å². The molecule has 1 rings (SSSR count). The maximum Gasteiger partial charge on any atom is 0.426 e. The normalized spacial score (nSPS) is 29.8. The summed E-state index contributed by atoms with van der Waals surface area (Å²) < 4.78 is 37.1. The molecule has 1 nitrogen and oxygen atoms in total. The fourth-order valence-electron chi connectivity index (χ4n) is 2.23. The monoisotopic (exact) mass is 274 g/mol. The Hall–Kier alpha value is -0.220. The highest BCUT2D eigenvalue weighted by Crippen LogP contribution is 2.63. The average Bonchev–Trinajstić information content (AvgIpc) is 2.65. The van der Waals surface area contributed by atoms with Crippen molar-refractivity contribution >= 4 is 28.4 Å². The van der Waals surface area contributed by atoms with Gasteiger partial charge in [0.05, 0.1) is 0 Å². The van der Waals surface area contributed by atoms with E-state index >= 15 is 0 Å². The van der Waals surface area contributed by atoms with Crippen LogP contribution in [0.1, 0.15) is 20.8 Å². The van der Waals surface area contributed by atoms with Gasteiger partial charge < -0.3 is 0 Å². The van der Waals surface area contributed by atoms with Gasteiger partial charge in [-0.2, -0.15) is 13.2 Å². The molecule has 0 unspecified atom stereocenters. The number of alkyl halides is 3. The van der Waals surface area contributed by atoms with E-state index in [9.17, 15) is 18.0 Å². The Morgan fingerprint density at radius 2 is 1.62 bits per heavy atom. The molecule has 6 heteroatoms. The smallest absolute Gasteiger partial charge is 0.281 e. The Balaban J connectivity index is 3.03. The van der Waals surface area contributed by atoms with E-state index in [1.807, 2.05) is 0 Å². The minimum atomic E-state index is -4.57. The molecule has 0 amide bonds. The summed E-state index contributed by atoms with van der Waals surface area (Å²) in [4.78, 5) is 11.0. The van der Waals surface area contributed by atoms with Crippen molar-refractivity contribution in [2.24, 2.45) is 17.3 Å². The van der Waals surface area contributed by atoms with Crippen LogP contribution in [0.15, 0.2) is 10.6 Å². The van der Waals surface area contributed by atoms with Crippen molar-refractivity contribution in [2.45, 2.75) is 26.9 Å². The first kappa shape index (κ1) is 13.8. The molecular weight excluding hydrogens is 264 g/mol. The minimum absolute atomic E-state index is 0.0156. The van der Waals surface area contributed by atoms with Crippen molar-refractivity contribution in [3.8, 4) is 0 Å². The van der Waals surface area contributed by atoms with Gasteiger partial charge in [0.1, 0.15) is 5.03 Å². The summed E-state index contributed by atoms with van der Waals surface area (Å²) in [5.41, 5.74) is -0.563. The molecule has 92 valence electrons. The number of carbonyl (C=O) groups is 1. The topological polar surface area (TPSA) is 17.1 Å². The van der Waals surface area contributed by atoms with Crippen molar-refractivity contribution in [3.05, 3.63) is 10.6 Å². The van der Waals surface area contributed by atoms with Crippen LogP contribution in [0.25, 0.3) is 0 Å². The van der Waals surface area contributed by atoms with E-state index in [2.05, 4.69) is 0 Å². The molecule has 0 heterocycles. The standard InChI is InChI=1S/C10H11Cl2F3O/c1-4(7(11)10(13,14)15)5-6(8(12)16)9(5,2)3/h5-6H,1-3H3/t5-,6-/m1/s1. The highest BCUT2D eigenvalue weighted by Gasteiger charge is 2.62. The first-order valence-electron chi connectivity index (χ1n) is 4.64. The Kier molecular flexibility index (Phi) is 3.39. The zero-order valence-corrected chi connectivity index (χ0v) is 10.5. The molecule has 1 saturated carbocycles. The first-order valence-corrected chi connectivity index (χ1v) is 5.39. The van der Waals surface area contributed by atoms with Crippen LogP contribution in [0.3, 0.4) is 0 Å². The van der Waals surface area contributed by atoms with Crippen molar-refractivity contribution in [1.29, 1.82) is 0 Å². The van der Waals surface area contributed by atoms with Crippen molar-refractivity contribution < 1.29 is 18.0 Å². The van der Waals surface area contributed by atoms with E-state index in [1.165, 1.54) is 6.92 Å². The first-order chi connectivity index (χ1) is 7.01. The largest absolute Gasteiger partial charge is 0.426 e. The molecule has 0 spiro atoms. The number of hydrogen-bond donors (Lipinski definition) is 0. The van der Waals surface area contributed by atoms with Crippen LogP contribution < -0.4 is 0 Å². The third-order valence-corrected chi connectivity index (χ3v) is 3.88. The molecule has 0 aromatic rings. The average molecular weight is 275 g/mol. The Morgan fingerprint density at radius 1 is 1.19 bits per heavy atom. The fraction of sp³-hybridized carbons (Fsp3) is 0.700. The molecule has 0 N–H and O–H groups in total. The highest BCUT2D eigenvalue weighted by molar-refractivity contribution is 6.64. The molecular formula is C10H11Cl2F3O. The van der Waals surface area contributed by atoms with Crippen LogP contribution in [0.4, 0.5) is 13.2 Å². The van der Waals surface area contributed by atoms with Crippen LogP contribution in [0.5, 0.6) is 0 Å². The van der Waals surface area contributed by atoms with Crippen LogP contribution in [0, 0.1) is 17.3 Å².